The molecular formula is C32H37N3O7. The molecule has 1 atom stereocenters. The average Bonchev–Trinajstić information content (AvgIpc) is 3.27. The van der Waals surface area contributed by atoms with E-state index in [1.807, 2.05) is 26.0 Å². The minimum absolute atomic E-state index is 0.0178. The first kappa shape index (κ1) is 30.6. The van der Waals surface area contributed by atoms with E-state index >= 15 is 0 Å². The van der Waals surface area contributed by atoms with Crippen molar-refractivity contribution < 1.29 is 33.5 Å². The third kappa shape index (κ3) is 6.58. The van der Waals surface area contributed by atoms with E-state index in [4.69, 9.17) is 4.74 Å². The first-order chi connectivity index (χ1) is 19.8. The van der Waals surface area contributed by atoms with Gasteiger partial charge in [0.1, 0.15) is 6.04 Å². The molecule has 2 aromatic carbocycles. The van der Waals surface area contributed by atoms with E-state index in [0.29, 0.717) is 16.7 Å². The molecule has 2 heterocycles. The molecule has 1 N–H and O–H groups in total. The van der Waals surface area contributed by atoms with Crippen LogP contribution in [0.1, 0.15) is 91.3 Å². The zero-order valence-electron chi connectivity index (χ0n) is 24.7. The monoisotopic (exact) mass is 575 g/mol. The molecule has 1 fully saturated rings. The van der Waals surface area contributed by atoms with E-state index < -0.39 is 42.2 Å². The van der Waals surface area contributed by atoms with E-state index in [0.717, 1.165) is 10.5 Å². The molecule has 222 valence electrons. The second-order valence-corrected chi connectivity index (χ2v) is 12.2. The van der Waals surface area contributed by atoms with Gasteiger partial charge in [-0.3, -0.25) is 28.8 Å². The number of imide groups is 1. The molecule has 0 spiro atoms. The van der Waals surface area contributed by atoms with Crippen LogP contribution in [0.5, 0.6) is 0 Å². The Morgan fingerprint density at radius 2 is 1.71 bits per heavy atom. The van der Waals surface area contributed by atoms with Gasteiger partial charge in [-0.15, -0.1) is 0 Å². The predicted molar refractivity (Wildman–Crippen MR) is 153 cm³/mol. The Morgan fingerprint density at radius 3 is 2.36 bits per heavy atom. The zero-order chi connectivity index (χ0) is 30.8. The topological polar surface area (TPSA) is 130 Å². The van der Waals surface area contributed by atoms with Crippen LogP contribution in [0.25, 0.3) is 0 Å². The van der Waals surface area contributed by atoms with E-state index in [1.54, 1.807) is 30.3 Å². The molecule has 4 amide bonds. The minimum atomic E-state index is -0.897. The van der Waals surface area contributed by atoms with Crippen LogP contribution in [0.2, 0.25) is 0 Å². The van der Waals surface area contributed by atoms with E-state index in [2.05, 4.69) is 26.1 Å². The smallest absolute Gasteiger partial charge is 0.307 e. The van der Waals surface area contributed by atoms with Gasteiger partial charge in [0.25, 0.3) is 17.7 Å². The zero-order valence-corrected chi connectivity index (χ0v) is 24.7. The number of Topliss-reactive ketones (excluding diaryl/α,β-unsaturated/α-hetero) is 1. The summed E-state index contributed by atoms with van der Waals surface area (Å²) < 4.78 is 5.15. The van der Waals surface area contributed by atoms with Crippen LogP contribution in [-0.2, 0) is 42.4 Å². The minimum Gasteiger partial charge on any atom is -0.444 e. The Hall–Kier alpha value is -4.34. The number of nitrogens with zero attached hydrogens (tertiary/aromatic N) is 2. The quantitative estimate of drug-likeness (QED) is 0.210. The first-order valence-corrected chi connectivity index (χ1v) is 14.1. The molecule has 1 unspecified atom stereocenters. The van der Waals surface area contributed by atoms with Gasteiger partial charge < -0.3 is 15.0 Å². The van der Waals surface area contributed by atoms with Crippen LogP contribution >= 0.6 is 0 Å². The van der Waals surface area contributed by atoms with Crippen LogP contribution in [0.4, 0.5) is 0 Å². The summed E-state index contributed by atoms with van der Waals surface area (Å²) in [5.41, 5.74) is 2.93. The van der Waals surface area contributed by atoms with E-state index in [1.165, 1.54) is 4.90 Å². The summed E-state index contributed by atoms with van der Waals surface area (Å²) >= 11 is 0. The van der Waals surface area contributed by atoms with Gasteiger partial charge in [-0.1, -0.05) is 71.0 Å². The molecular weight excluding hydrogens is 538 g/mol. The highest BCUT2D eigenvalue weighted by molar-refractivity contribution is 6.42. The molecule has 10 heteroatoms. The van der Waals surface area contributed by atoms with Crippen molar-refractivity contribution in [1.29, 1.82) is 0 Å². The maximum Gasteiger partial charge on any atom is 0.307 e. The van der Waals surface area contributed by atoms with Crippen LogP contribution in [0, 0.1) is 5.92 Å². The number of carbonyl (C=O) groups is 6. The number of nitrogens with one attached hydrogen (secondary N) is 1. The number of amides is 4. The largest absolute Gasteiger partial charge is 0.444 e. The molecule has 0 aliphatic carbocycles. The van der Waals surface area contributed by atoms with Gasteiger partial charge in [0, 0.05) is 37.1 Å². The van der Waals surface area contributed by atoms with Crippen LogP contribution in [0.3, 0.4) is 0 Å². The molecule has 0 radical (unpaired) electrons. The Balaban J connectivity index is 1.42. The summed E-state index contributed by atoms with van der Waals surface area (Å²) in [6.07, 6.45) is 0.344. The predicted octanol–water partition coefficient (Wildman–Crippen LogP) is 3.50. The van der Waals surface area contributed by atoms with Gasteiger partial charge in [0.05, 0.1) is 0 Å². The molecule has 0 bridgehead atoms. The fourth-order valence-corrected chi connectivity index (χ4v) is 5.12. The summed E-state index contributed by atoms with van der Waals surface area (Å²) in [6, 6.07) is 11.1. The maximum absolute atomic E-state index is 13.3. The third-order valence-electron chi connectivity index (χ3n) is 7.54. The lowest BCUT2D eigenvalue weighted by Crippen LogP contribution is -2.55. The highest BCUT2D eigenvalue weighted by Crippen LogP contribution is 2.31. The summed E-state index contributed by atoms with van der Waals surface area (Å²) in [5, 5.41) is 2.66. The second-order valence-electron chi connectivity index (χ2n) is 12.2. The van der Waals surface area contributed by atoms with Gasteiger partial charge >= 0.3 is 5.97 Å². The number of likely N-dealkylation sites (tertiary alicyclic amines) is 1. The van der Waals surface area contributed by atoms with Crippen molar-refractivity contribution >= 4 is 35.4 Å². The fourth-order valence-electron chi connectivity index (χ4n) is 5.12. The number of piperidine rings is 1. The summed E-state index contributed by atoms with van der Waals surface area (Å²) in [7, 11) is 0. The summed E-state index contributed by atoms with van der Waals surface area (Å²) in [5.74, 6) is -3.28. The highest BCUT2D eigenvalue weighted by Gasteiger charge is 2.43. The number of benzene rings is 2. The number of hydrogen-bond donors (Lipinski definition) is 1. The van der Waals surface area contributed by atoms with Crippen LogP contribution in [-0.4, -0.2) is 58.0 Å². The van der Waals surface area contributed by atoms with Crippen LogP contribution in [0.15, 0.2) is 42.5 Å². The van der Waals surface area contributed by atoms with Crippen molar-refractivity contribution in [3.8, 4) is 0 Å². The molecule has 1 saturated heterocycles. The Kier molecular flexibility index (Phi) is 8.94. The number of ether oxygens (including phenoxy) is 1. The SMILES string of the molecule is CC(C)CC(=O)OCN1C(=O)CCC(N2Cc3c(CNC(=O)C(=O)c4ccc(C(C)(C)C)cc4)cccc3C2=O)C1=O. The molecule has 42 heavy (non-hydrogen) atoms. The molecule has 10 nitrogen and oxygen atoms in total. The van der Waals surface area contributed by atoms with Crippen molar-refractivity contribution in [3.63, 3.8) is 0 Å². The van der Waals surface area contributed by atoms with Crippen molar-refractivity contribution in [2.45, 2.75) is 78.4 Å². The van der Waals surface area contributed by atoms with Crippen LogP contribution < -0.4 is 5.32 Å². The first-order valence-electron chi connectivity index (χ1n) is 14.1. The Labute approximate surface area is 245 Å². The fraction of sp³-hybridized carbons (Fsp3) is 0.438. The Bertz CT molecular complexity index is 1420. The summed E-state index contributed by atoms with van der Waals surface area (Å²) in [6.45, 7) is 9.53. The summed E-state index contributed by atoms with van der Waals surface area (Å²) in [4.78, 5) is 78.8. The van der Waals surface area contributed by atoms with Gasteiger partial charge in [-0.25, -0.2) is 4.90 Å². The highest BCUT2D eigenvalue weighted by atomic mass is 16.5. The second kappa shape index (κ2) is 12.3. The lowest BCUT2D eigenvalue weighted by atomic mass is 9.86. The average molecular weight is 576 g/mol. The maximum atomic E-state index is 13.3. The molecule has 2 aromatic rings. The number of fused-ring (bicyclic) bond motifs is 1. The standard InChI is InChI=1S/C32H37N3O7/c1-19(2)15-27(37)42-18-35-26(36)14-13-25(31(35)41)34-17-24-21(7-6-8-23(24)30(34)40)16-33-29(39)28(38)20-9-11-22(12-10-20)32(3,4)5/h6-12,19,25H,13-18H2,1-5H3,(H,33,39). The van der Waals surface area contributed by atoms with Gasteiger partial charge in [0.2, 0.25) is 11.7 Å². The van der Waals surface area contributed by atoms with Gasteiger partial charge in [-0.05, 0) is 40.5 Å². The number of hydrogen-bond acceptors (Lipinski definition) is 7. The molecule has 2 aliphatic rings. The number of carbonyl (C=O) groups excluding carboxylic acids is 6. The van der Waals surface area contributed by atoms with Crippen molar-refractivity contribution in [2.24, 2.45) is 5.92 Å². The third-order valence-corrected chi connectivity index (χ3v) is 7.54. The number of rotatable bonds is 9. The Morgan fingerprint density at radius 1 is 1.02 bits per heavy atom. The molecule has 4 rings (SSSR count). The molecule has 0 saturated carbocycles. The van der Waals surface area contributed by atoms with Crippen molar-refractivity contribution in [3.05, 3.63) is 70.3 Å². The number of ketones is 1. The number of esters is 1. The lowest BCUT2D eigenvalue weighted by molar-refractivity contribution is -0.164. The van der Waals surface area contributed by atoms with E-state index in [-0.39, 0.29) is 55.2 Å². The van der Waals surface area contributed by atoms with Crippen molar-refractivity contribution in [2.75, 3.05) is 6.73 Å². The van der Waals surface area contributed by atoms with Gasteiger partial charge in [0.15, 0.2) is 6.73 Å². The molecule has 2 aliphatic heterocycles. The van der Waals surface area contributed by atoms with Crippen molar-refractivity contribution in [1.82, 2.24) is 15.1 Å². The lowest BCUT2D eigenvalue weighted by Gasteiger charge is -2.35. The van der Waals surface area contributed by atoms with Gasteiger partial charge in [-0.2, -0.15) is 0 Å². The molecule has 0 aromatic heterocycles. The van der Waals surface area contributed by atoms with E-state index in [9.17, 15) is 28.8 Å². The normalized spacial score (nSPS) is 17.0.